The fraction of sp³-hybridized carbons (Fsp3) is 0.333. The lowest BCUT2D eigenvalue weighted by molar-refractivity contribution is 0.103. The van der Waals surface area contributed by atoms with Gasteiger partial charge in [-0.1, -0.05) is 30.3 Å². The highest BCUT2D eigenvalue weighted by atomic mass is 16.1. The summed E-state index contributed by atoms with van der Waals surface area (Å²) in [6.07, 6.45) is 1.70. The van der Waals surface area contributed by atoms with E-state index in [1.165, 1.54) is 0 Å². The number of anilines is 1. The number of carbonyl (C=O) groups is 1. The summed E-state index contributed by atoms with van der Waals surface area (Å²) in [5.74, 6) is 1.03. The van der Waals surface area contributed by atoms with Gasteiger partial charge in [0.1, 0.15) is 5.82 Å². The fourth-order valence-electron chi connectivity index (χ4n) is 2.80. The van der Waals surface area contributed by atoms with Gasteiger partial charge < -0.3 is 9.80 Å². The molecule has 2 heterocycles. The van der Waals surface area contributed by atoms with Crippen molar-refractivity contribution in [3.63, 3.8) is 0 Å². The maximum Gasteiger partial charge on any atom is 0.194 e. The number of ketones is 1. The molecule has 114 valence electrons. The van der Waals surface area contributed by atoms with Gasteiger partial charge in [0, 0.05) is 43.5 Å². The van der Waals surface area contributed by atoms with Crippen molar-refractivity contribution in [2.45, 2.75) is 6.92 Å². The molecule has 4 heteroatoms. The third kappa shape index (κ3) is 3.02. The second-order valence-corrected chi connectivity index (χ2v) is 5.85. The summed E-state index contributed by atoms with van der Waals surface area (Å²) in [4.78, 5) is 21.6. The summed E-state index contributed by atoms with van der Waals surface area (Å²) in [6, 6.07) is 11.3. The Hall–Kier alpha value is -2.20. The van der Waals surface area contributed by atoms with Crippen LogP contribution in [0, 0.1) is 6.92 Å². The Morgan fingerprint density at radius 3 is 2.36 bits per heavy atom. The molecule has 2 aromatic rings. The van der Waals surface area contributed by atoms with E-state index in [9.17, 15) is 4.79 Å². The summed E-state index contributed by atoms with van der Waals surface area (Å²) in [7, 11) is 2.14. The highest BCUT2D eigenvalue weighted by Crippen LogP contribution is 2.20. The highest BCUT2D eigenvalue weighted by molar-refractivity contribution is 6.09. The van der Waals surface area contributed by atoms with Gasteiger partial charge in [-0.15, -0.1) is 0 Å². The first-order chi connectivity index (χ1) is 10.6. The summed E-state index contributed by atoms with van der Waals surface area (Å²) in [5, 5.41) is 0. The van der Waals surface area contributed by atoms with Crippen molar-refractivity contribution in [1.82, 2.24) is 9.88 Å². The van der Waals surface area contributed by atoms with Crippen LogP contribution >= 0.6 is 0 Å². The third-order valence-corrected chi connectivity index (χ3v) is 4.15. The lowest BCUT2D eigenvalue weighted by atomic mass is 10.0. The zero-order valence-electron chi connectivity index (χ0n) is 13.1. The number of piperazine rings is 1. The first kappa shape index (κ1) is 14.7. The molecule has 0 spiro atoms. The van der Waals surface area contributed by atoms with Crippen LogP contribution in [0.15, 0.2) is 42.6 Å². The van der Waals surface area contributed by atoms with E-state index in [1.807, 2.05) is 43.3 Å². The van der Waals surface area contributed by atoms with Gasteiger partial charge >= 0.3 is 0 Å². The van der Waals surface area contributed by atoms with Gasteiger partial charge in [-0.2, -0.15) is 0 Å². The first-order valence-electron chi connectivity index (χ1n) is 7.65. The summed E-state index contributed by atoms with van der Waals surface area (Å²) in [6.45, 7) is 6.09. The maximum absolute atomic E-state index is 12.5. The van der Waals surface area contributed by atoms with Crippen LogP contribution in [0.3, 0.4) is 0 Å². The van der Waals surface area contributed by atoms with Crippen molar-refractivity contribution in [3.8, 4) is 0 Å². The molecule has 1 saturated heterocycles. The second-order valence-electron chi connectivity index (χ2n) is 5.85. The Morgan fingerprint density at radius 2 is 1.73 bits per heavy atom. The Labute approximate surface area is 131 Å². The number of carbonyl (C=O) groups excluding carboxylic acids is 1. The van der Waals surface area contributed by atoms with Crippen LogP contribution in [-0.4, -0.2) is 48.9 Å². The average molecular weight is 295 g/mol. The number of hydrogen-bond donors (Lipinski definition) is 0. The van der Waals surface area contributed by atoms with Crippen LogP contribution in [0.5, 0.6) is 0 Å². The van der Waals surface area contributed by atoms with E-state index in [2.05, 4.69) is 21.8 Å². The minimum absolute atomic E-state index is 0.0288. The van der Waals surface area contributed by atoms with Crippen LogP contribution in [0.4, 0.5) is 5.82 Å². The molecule has 0 N–H and O–H groups in total. The van der Waals surface area contributed by atoms with Crippen molar-refractivity contribution >= 4 is 11.6 Å². The van der Waals surface area contributed by atoms with Crippen molar-refractivity contribution < 1.29 is 4.79 Å². The molecule has 22 heavy (non-hydrogen) atoms. The van der Waals surface area contributed by atoms with E-state index < -0.39 is 0 Å². The molecule has 1 aromatic heterocycles. The molecule has 0 radical (unpaired) electrons. The van der Waals surface area contributed by atoms with Gasteiger partial charge in [-0.25, -0.2) is 4.98 Å². The number of hydrogen-bond acceptors (Lipinski definition) is 4. The van der Waals surface area contributed by atoms with Gasteiger partial charge in [-0.05, 0) is 25.6 Å². The number of pyridine rings is 1. The van der Waals surface area contributed by atoms with Gasteiger partial charge in [0.25, 0.3) is 0 Å². The lowest BCUT2D eigenvalue weighted by Gasteiger charge is -2.34. The van der Waals surface area contributed by atoms with E-state index in [0.29, 0.717) is 11.1 Å². The molecular formula is C18H21N3O. The fourth-order valence-corrected chi connectivity index (χ4v) is 2.80. The van der Waals surface area contributed by atoms with Crippen molar-refractivity contribution in [3.05, 3.63) is 59.3 Å². The number of benzene rings is 1. The van der Waals surface area contributed by atoms with E-state index in [4.69, 9.17) is 0 Å². The number of nitrogens with zero attached hydrogens (tertiary/aromatic N) is 3. The highest BCUT2D eigenvalue weighted by Gasteiger charge is 2.18. The molecule has 1 aliphatic rings. The van der Waals surface area contributed by atoms with Crippen molar-refractivity contribution in [2.75, 3.05) is 38.1 Å². The van der Waals surface area contributed by atoms with Crippen LogP contribution in [-0.2, 0) is 0 Å². The first-order valence-corrected chi connectivity index (χ1v) is 7.65. The molecule has 0 amide bonds. The largest absolute Gasteiger partial charge is 0.354 e. The summed E-state index contributed by atoms with van der Waals surface area (Å²) >= 11 is 0. The molecular weight excluding hydrogens is 274 g/mol. The number of aryl methyl sites for hydroxylation is 1. The molecule has 0 bridgehead atoms. The van der Waals surface area contributed by atoms with Crippen molar-refractivity contribution in [2.24, 2.45) is 0 Å². The van der Waals surface area contributed by atoms with E-state index in [-0.39, 0.29) is 5.78 Å². The standard InChI is InChI=1S/C18H21N3O/c1-14-12-16(17(22)15-6-4-3-5-7-15)13-19-18(14)21-10-8-20(2)9-11-21/h3-7,12-13H,8-11H2,1-2H3. The quantitative estimate of drug-likeness (QED) is 0.815. The molecule has 0 saturated carbocycles. The van der Waals surface area contributed by atoms with E-state index in [1.54, 1.807) is 6.20 Å². The molecule has 1 aliphatic heterocycles. The molecule has 0 atom stereocenters. The Morgan fingerprint density at radius 1 is 1.05 bits per heavy atom. The number of rotatable bonds is 3. The molecule has 0 unspecified atom stereocenters. The Bertz CT molecular complexity index is 661. The van der Waals surface area contributed by atoms with E-state index in [0.717, 1.165) is 37.6 Å². The second kappa shape index (κ2) is 6.28. The average Bonchev–Trinajstić information content (AvgIpc) is 2.56. The van der Waals surface area contributed by atoms with Gasteiger partial charge in [0.05, 0.1) is 0 Å². The predicted molar refractivity (Wildman–Crippen MR) is 88.6 cm³/mol. The molecule has 4 nitrogen and oxygen atoms in total. The maximum atomic E-state index is 12.5. The van der Waals surface area contributed by atoms with Gasteiger partial charge in [-0.3, -0.25) is 4.79 Å². The zero-order valence-corrected chi connectivity index (χ0v) is 13.1. The minimum atomic E-state index is 0.0288. The zero-order chi connectivity index (χ0) is 15.5. The Balaban J connectivity index is 1.82. The summed E-state index contributed by atoms with van der Waals surface area (Å²) in [5.41, 5.74) is 2.42. The monoisotopic (exact) mass is 295 g/mol. The topological polar surface area (TPSA) is 36.4 Å². The minimum Gasteiger partial charge on any atom is -0.354 e. The molecule has 3 rings (SSSR count). The normalized spacial score (nSPS) is 15.8. The predicted octanol–water partition coefficient (Wildman–Crippen LogP) is 2.37. The van der Waals surface area contributed by atoms with Gasteiger partial charge in [0.2, 0.25) is 0 Å². The number of aromatic nitrogens is 1. The van der Waals surface area contributed by atoms with Crippen LogP contribution in [0.25, 0.3) is 0 Å². The van der Waals surface area contributed by atoms with Crippen LogP contribution in [0.2, 0.25) is 0 Å². The number of likely N-dealkylation sites (N-methyl/N-ethyl adjacent to an activating group) is 1. The third-order valence-electron chi connectivity index (χ3n) is 4.15. The molecule has 1 aromatic carbocycles. The van der Waals surface area contributed by atoms with Gasteiger partial charge in [0.15, 0.2) is 5.78 Å². The van der Waals surface area contributed by atoms with E-state index >= 15 is 0 Å². The SMILES string of the molecule is Cc1cc(C(=O)c2ccccc2)cnc1N1CCN(C)CC1. The lowest BCUT2D eigenvalue weighted by Crippen LogP contribution is -2.45. The smallest absolute Gasteiger partial charge is 0.194 e. The van der Waals surface area contributed by atoms with Crippen LogP contribution in [0.1, 0.15) is 21.5 Å². The molecule has 0 aliphatic carbocycles. The van der Waals surface area contributed by atoms with Crippen LogP contribution < -0.4 is 4.90 Å². The Kier molecular flexibility index (Phi) is 4.20. The molecule has 1 fully saturated rings. The van der Waals surface area contributed by atoms with Crippen molar-refractivity contribution in [1.29, 1.82) is 0 Å². The summed E-state index contributed by atoms with van der Waals surface area (Å²) < 4.78 is 0.